The summed E-state index contributed by atoms with van der Waals surface area (Å²) in [5, 5.41) is 0. The zero-order valence-electron chi connectivity index (χ0n) is 13.3. The van der Waals surface area contributed by atoms with Crippen LogP contribution in [0.25, 0.3) is 0 Å². The fourth-order valence-electron chi connectivity index (χ4n) is 3.30. The molecule has 5 nitrogen and oxygen atoms in total. The van der Waals surface area contributed by atoms with Crippen LogP contribution in [0.3, 0.4) is 0 Å². The number of hydrogen-bond acceptors (Lipinski definition) is 5. The number of H-pyrrole nitrogens is 1. The summed E-state index contributed by atoms with van der Waals surface area (Å²) in [6.07, 6.45) is 3.96. The van der Waals surface area contributed by atoms with Gasteiger partial charge >= 0.3 is 0 Å². The van der Waals surface area contributed by atoms with Crippen LogP contribution < -0.4 is 5.56 Å². The largest absolute Gasteiger partial charge is 0.305 e. The topological polar surface area (TPSA) is 61.4 Å². The lowest BCUT2D eigenvalue weighted by molar-refractivity contribution is 0.244. The highest BCUT2D eigenvalue weighted by Crippen LogP contribution is 2.24. The Morgan fingerprint density at radius 1 is 1.29 bits per heavy atom. The molecule has 24 heavy (non-hydrogen) atoms. The minimum absolute atomic E-state index is 0.0165. The van der Waals surface area contributed by atoms with Crippen LogP contribution in [-0.4, -0.2) is 33.7 Å². The van der Waals surface area contributed by atoms with Crippen LogP contribution in [0.2, 0.25) is 4.34 Å². The van der Waals surface area contributed by atoms with E-state index in [0.717, 1.165) is 66.6 Å². The van der Waals surface area contributed by atoms with E-state index in [0.29, 0.717) is 12.4 Å². The van der Waals surface area contributed by atoms with Crippen molar-refractivity contribution in [2.75, 3.05) is 13.1 Å². The molecule has 0 spiro atoms. The summed E-state index contributed by atoms with van der Waals surface area (Å²) in [4.78, 5) is 28.2. The zero-order valence-corrected chi connectivity index (χ0v) is 14.9. The van der Waals surface area contributed by atoms with Crippen LogP contribution in [0, 0.1) is 0 Å². The molecule has 0 unspecified atom stereocenters. The second kappa shape index (κ2) is 6.78. The molecule has 1 N–H and O–H groups in total. The van der Waals surface area contributed by atoms with E-state index in [1.807, 2.05) is 6.07 Å². The molecule has 0 saturated carbocycles. The van der Waals surface area contributed by atoms with E-state index in [1.165, 1.54) is 4.88 Å². The summed E-state index contributed by atoms with van der Waals surface area (Å²) >= 11 is 7.59. The lowest BCUT2D eigenvalue weighted by atomic mass is 10.1. The number of halogens is 1. The molecule has 0 radical (unpaired) electrons. The molecule has 4 rings (SSSR count). The first-order chi connectivity index (χ1) is 11.7. The van der Waals surface area contributed by atoms with Crippen molar-refractivity contribution < 1.29 is 0 Å². The van der Waals surface area contributed by atoms with Gasteiger partial charge in [0.1, 0.15) is 0 Å². The van der Waals surface area contributed by atoms with Crippen LogP contribution in [-0.2, 0) is 19.5 Å². The van der Waals surface area contributed by atoms with Crippen LogP contribution in [0.4, 0.5) is 0 Å². The SMILES string of the molecule is O=c1[nH]c(C2=NCCCC2)nc2c1CN(Cc1ccc(Cl)s1)CC2. The highest BCUT2D eigenvalue weighted by Gasteiger charge is 2.23. The van der Waals surface area contributed by atoms with Crippen molar-refractivity contribution >= 4 is 28.6 Å². The van der Waals surface area contributed by atoms with Crippen LogP contribution in [0.5, 0.6) is 0 Å². The van der Waals surface area contributed by atoms with Gasteiger partial charge in [-0.2, -0.15) is 0 Å². The number of aromatic amines is 1. The summed E-state index contributed by atoms with van der Waals surface area (Å²) in [5.74, 6) is 0.678. The third-order valence-electron chi connectivity index (χ3n) is 4.55. The van der Waals surface area contributed by atoms with E-state index < -0.39 is 0 Å². The van der Waals surface area contributed by atoms with Gasteiger partial charge in [-0.3, -0.25) is 14.7 Å². The number of fused-ring (bicyclic) bond motifs is 1. The number of aromatic nitrogens is 2. The predicted molar refractivity (Wildman–Crippen MR) is 97.3 cm³/mol. The van der Waals surface area contributed by atoms with Gasteiger partial charge in [-0.25, -0.2) is 4.98 Å². The molecule has 2 aromatic heterocycles. The summed E-state index contributed by atoms with van der Waals surface area (Å²) in [6.45, 7) is 3.21. The van der Waals surface area contributed by atoms with Crippen molar-refractivity contribution in [3.05, 3.63) is 48.8 Å². The minimum atomic E-state index is -0.0165. The van der Waals surface area contributed by atoms with E-state index in [2.05, 4.69) is 20.9 Å². The number of rotatable bonds is 3. The van der Waals surface area contributed by atoms with Gasteiger partial charge in [-0.1, -0.05) is 11.6 Å². The summed E-state index contributed by atoms with van der Waals surface area (Å²) < 4.78 is 0.805. The van der Waals surface area contributed by atoms with Gasteiger partial charge < -0.3 is 4.98 Å². The van der Waals surface area contributed by atoms with E-state index in [9.17, 15) is 4.79 Å². The smallest absolute Gasteiger partial charge is 0.255 e. The molecule has 0 fully saturated rings. The number of aliphatic imine (C=N–C) groups is 1. The second-order valence-electron chi connectivity index (χ2n) is 6.29. The monoisotopic (exact) mass is 362 g/mol. The van der Waals surface area contributed by atoms with Gasteiger partial charge in [0.25, 0.3) is 5.56 Å². The molecule has 2 aliphatic rings. The Kier molecular flexibility index (Phi) is 4.52. The van der Waals surface area contributed by atoms with Crippen molar-refractivity contribution in [1.29, 1.82) is 0 Å². The van der Waals surface area contributed by atoms with Crippen molar-refractivity contribution in [2.24, 2.45) is 4.99 Å². The Bertz CT molecular complexity index is 841. The maximum atomic E-state index is 12.5. The maximum Gasteiger partial charge on any atom is 0.255 e. The Balaban J connectivity index is 1.56. The van der Waals surface area contributed by atoms with E-state index in [1.54, 1.807) is 11.3 Å². The minimum Gasteiger partial charge on any atom is -0.305 e. The molecule has 7 heteroatoms. The maximum absolute atomic E-state index is 12.5. The first-order valence-corrected chi connectivity index (χ1v) is 9.51. The molecule has 0 amide bonds. The predicted octanol–water partition coefficient (Wildman–Crippen LogP) is 3.02. The molecule has 0 saturated heterocycles. The Hall–Kier alpha value is -1.50. The van der Waals surface area contributed by atoms with Crippen LogP contribution in [0.1, 0.15) is 41.2 Å². The van der Waals surface area contributed by atoms with Gasteiger partial charge in [-0.05, 0) is 31.4 Å². The van der Waals surface area contributed by atoms with Crippen LogP contribution >= 0.6 is 22.9 Å². The normalized spacial score (nSPS) is 18.3. The zero-order chi connectivity index (χ0) is 16.5. The molecular formula is C17H19ClN4OS. The highest BCUT2D eigenvalue weighted by atomic mass is 35.5. The first kappa shape index (κ1) is 16.0. The fourth-order valence-corrected chi connectivity index (χ4v) is 4.43. The second-order valence-corrected chi connectivity index (χ2v) is 8.09. The van der Waals surface area contributed by atoms with E-state index in [4.69, 9.17) is 16.6 Å². The summed E-state index contributed by atoms with van der Waals surface area (Å²) in [6, 6.07) is 3.97. The van der Waals surface area contributed by atoms with Crippen molar-refractivity contribution in [3.8, 4) is 0 Å². The highest BCUT2D eigenvalue weighted by molar-refractivity contribution is 7.16. The van der Waals surface area contributed by atoms with Crippen molar-refractivity contribution in [3.63, 3.8) is 0 Å². The number of thiophene rings is 1. The van der Waals surface area contributed by atoms with Crippen LogP contribution in [0.15, 0.2) is 21.9 Å². The molecule has 0 aliphatic carbocycles. The van der Waals surface area contributed by atoms with Crippen molar-refractivity contribution in [2.45, 2.75) is 38.8 Å². The fraction of sp³-hybridized carbons (Fsp3) is 0.471. The Labute approximate surface area is 149 Å². The average molecular weight is 363 g/mol. The summed E-state index contributed by atoms with van der Waals surface area (Å²) in [7, 11) is 0. The van der Waals surface area contributed by atoms with Gasteiger partial charge in [0.05, 0.1) is 21.3 Å². The molecule has 0 aromatic carbocycles. The molecule has 0 atom stereocenters. The molecule has 2 aliphatic heterocycles. The van der Waals surface area contributed by atoms with E-state index in [-0.39, 0.29) is 5.56 Å². The van der Waals surface area contributed by atoms with Crippen molar-refractivity contribution in [1.82, 2.24) is 14.9 Å². The first-order valence-electron chi connectivity index (χ1n) is 8.31. The standard InChI is InChI=1S/C17H19ClN4OS/c18-15-5-4-11(24-15)9-22-8-6-13-12(10-22)17(23)21-16(20-13)14-3-1-2-7-19-14/h4-5H,1-3,6-10H2,(H,20,21,23). The lowest BCUT2D eigenvalue weighted by Gasteiger charge is -2.27. The van der Waals surface area contributed by atoms with Gasteiger partial charge in [0.2, 0.25) is 0 Å². The van der Waals surface area contributed by atoms with Gasteiger partial charge in [0, 0.05) is 37.5 Å². The van der Waals surface area contributed by atoms with Gasteiger partial charge in [0.15, 0.2) is 5.82 Å². The quantitative estimate of drug-likeness (QED) is 0.912. The average Bonchev–Trinajstić information content (AvgIpc) is 3.01. The van der Waals surface area contributed by atoms with E-state index >= 15 is 0 Å². The molecule has 4 heterocycles. The Morgan fingerprint density at radius 3 is 2.96 bits per heavy atom. The molecule has 0 bridgehead atoms. The Morgan fingerprint density at radius 2 is 2.21 bits per heavy atom. The third-order valence-corrected chi connectivity index (χ3v) is 5.77. The number of nitrogens with one attached hydrogen (secondary N) is 1. The number of hydrogen-bond donors (Lipinski definition) is 1. The third kappa shape index (κ3) is 3.31. The molecule has 2 aromatic rings. The molecular weight excluding hydrogens is 344 g/mol. The van der Waals surface area contributed by atoms with Gasteiger partial charge in [-0.15, -0.1) is 11.3 Å². The summed E-state index contributed by atoms with van der Waals surface area (Å²) in [5.41, 5.74) is 2.67. The molecule has 126 valence electrons. The lowest BCUT2D eigenvalue weighted by Crippen LogP contribution is -2.36. The number of nitrogens with zero attached hydrogens (tertiary/aromatic N) is 3.